The number of hydrogen-bond donors (Lipinski definition) is 1. The molecule has 0 saturated carbocycles. The lowest BCUT2D eigenvalue weighted by atomic mass is 9.92. The average molecular weight is 457 g/mol. The SMILES string of the molecule is Cc1ccc(C(=O)N2Cc3ccccc3C[C@@H]2C(=O)N(CCc2ccccc2)CC(=O)O)cc1. The molecule has 4 rings (SSSR count). The van der Waals surface area contributed by atoms with Crippen LogP contribution < -0.4 is 0 Å². The Hall–Kier alpha value is -3.93. The minimum absolute atomic E-state index is 0.230. The number of carbonyl (C=O) groups excluding carboxylic acids is 2. The Balaban J connectivity index is 1.63. The summed E-state index contributed by atoms with van der Waals surface area (Å²) in [4.78, 5) is 41.8. The molecule has 0 aromatic heterocycles. The third-order valence-corrected chi connectivity index (χ3v) is 6.24. The summed E-state index contributed by atoms with van der Waals surface area (Å²) >= 11 is 0. The molecule has 0 unspecified atom stereocenters. The predicted octanol–water partition coefficient (Wildman–Crippen LogP) is 3.72. The van der Waals surface area contributed by atoms with E-state index in [-0.39, 0.29) is 18.4 Å². The first-order valence-corrected chi connectivity index (χ1v) is 11.4. The highest BCUT2D eigenvalue weighted by Crippen LogP contribution is 2.26. The number of carbonyl (C=O) groups is 3. The molecular weight excluding hydrogens is 428 g/mol. The van der Waals surface area contributed by atoms with Crippen LogP contribution in [0.2, 0.25) is 0 Å². The van der Waals surface area contributed by atoms with Crippen LogP contribution in [0, 0.1) is 6.92 Å². The number of carboxylic acid groups (broad SMARTS) is 1. The van der Waals surface area contributed by atoms with Gasteiger partial charge in [-0.05, 0) is 42.2 Å². The summed E-state index contributed by atoms with van der Waals surface area (Å²) in [7, 11) is 0. The molecule has 0 fully saturated rings. The summed E-state index contributed by atoms with van der Waals surface area (Å²) in [6, 6.07) is 23.9. The van der Waals surface area contributed by atoms with E-state index in [9.17, 15) is 19.5 Å². The highest BCUT2D eigenvalue weighted by atomic mass is 16.4. The van der Waals surface area contributed by atoms with Crippen molar-refractivity contribution in [3.8, 4) is 0 Å². The lowest BCUT2D eigenvalue weighted by Gasteiger charge is -2.38. The van der Waals surface area contributed by atoms with Crippen molar-refractivity contribution in [2.45, 2.75) is 32.4 Å². The first-order chi connectivity index (χ1) is 16.4. The fourth-order valence-electron chi connectivity index (χ4n) is 4.37. The van der Waals surface area contributed by atoms with Gasteiger partial charge in [-0.2, -0.15) is 0 Å². The first kappa shape index (κ1) is 23.2. The third kappa shape index (κ3) is 5.34. The average Bonchev–Trinajstić information content (AvgIpc) is 2.85. The largest absolute Gasteiger partial charge is 0.480 e. The number of amides is 2. The number of hydrogen-bond acceptors (Lipinski definition) is 3. The molecule has 6 heteroatoms. The molecule has 34 heavy (non-hydrogen) atoms. The van der Waals surface area contributed by atoms with Crippen molar-refractivity contribution in [3.05, 3.63) is 107 Å². The Morgan fingerprint density at radius 3 is 2.24 bits per heavy atom. The molecule has 1 aliphatic rings. The second-order valence-corrected chi connectivity index (χ2v) is 8.68. The standard InChI is InChI=1S/C28H28N2O4/c1-20-11-13-22(14-12-20)27(33)30-18-24-10-6-5-9-23(24)17-25(30)28(34)29(19-26(31)32)16-15-21-7-3-2-4-8-21/h2-14,25H,15-19H2,1H3,(H,31,32)/t25-/m1/s1. The van der Waals surface area contributed by atoms with Crippen molar-refractivity contribution < 1.29 is 19.5 Å². The van der Waals surface area contributed by atoms with Crippen LogP contribution in [0.5, 0.6) is 0 Å². The molecule has 0 spiro atoms. The van der Waals surface area contributed by atoms with Gasteiger partial charge in [0.05, 0.1) is 0 Å². The highest BCUT2D eigenvalue weighted by Gasteiger charge is 2.37. The minimum atomic E-state index is -1.07. The molecule has 0 aliphatic carbocycles. The number of fused-ring (bicyclic) bond motifs is 1. The van der Waals surface area contributed by atoms with E-state index in [0.29, 0.717) is 24.9 Å². The summed E-state index contributed by atoms with van der Waals surface area (Å²) in [5.74, 6) is -1.64. The van der Waals surface area contributed by atoms with E-state index in [1.165, 1.54) is 4.90 Å². The van der Waals surface area contributed by atoms with Crippen molar-refractivity contribution in [3.63, 3.8) is 0 Å². The van der Waals surface area contributed by atoms with Crippen LogP contribution in [-0.4, -0.2) is 51.8 Å². The van der Waals surface area contributed by atoms with Crippen molar-refractivity contribution in [2.75, 3.05) is 13.1 Å². The zero-order chi connectivity index (χ0) is 24.1. The molecule has 0 radical (unpaired) electrons. The maximum atomic E-state index is 13.7. The van der Waals surface area contributed by atoms with E-state index in [1.807, 2.05) is 73.7 Å². The highest BCUT2D eigenvalue weighted by molar-refractivity contribution is 5.98. The van der Waals surface area contributed by atoms with Crippen LogP contribution in [-0.2, 0) is 29.0 Å². The van der Waals surface area contributed by atoms with Crippen molar-refractivity contribution in [2.24, 2.45) is 0 Å². The van der Waals surface area contributed by atoms with Crippen LogP contribution >= 0.6 is 0 Å². The second-order valence-electron chi connectivity index (χ2n) is 8.68. The van der Waals surface area contributed by atoms with Gasteiger partial charge in [-0.3, -0.25) is 14.4 Å². The van der Waals surface area contributed by atoms with E-state index < -0.39 is 18.6 Å². The van der Waals surface area contributed by atoms with Gasteiger partial charge >= 0.3 is 5.97 Å². The van der Waals surface area contributed by atoms with Crippen LogP contribution in [0.3, 0.4) is 0 Å². The number of aryl methyl sites for hydroxylation is 1. The van der Waals surface area contributed by atoms with Crippen molar-refractivity contribution in [1.82, 2.24) is 9.80 Å². The van der Waals surface area contributed by atoms with Gasteiger partial charge in [-0.1, -0.05) is 72.3 Å². The smallest absolute Gasteiger partial charge is 0.323 e. The predicted molar refractivity (Wildman–Crippen MR) is 129 cm³/mol. The van der Waals surface area contributed by atoms with Crippen molar-refractivity contribution in [1.29, 1.82) is 0 Å². The van der Waals surface area contributed by atoms with Crippen LogP contribution in [0.1, 0.15) is 32.6 Å². The Morgan fingerprint density at radius 2 is 1.56 bits per heavy atom. The van der Waals surface area contributed by atoms with E-state index in [0.717, 1.165) is 22.3 Å². The summed E-state index contributed by atoms with van der Waals surface area (Å²) in [5.41, 5.74) is 4.58. The lowest BCUT2D eigenvalue weighted by molar-refractivity contribution is -0.146. The zero-order valence-corrected chi connectivity index (χ0v) is 19.2. The molecule has 3 aromatic rings. The number of nitrogens with zero attached hydrogens (tertiary/aromatic N) is 2. The van der Waals surface area contributed by atoms with E-state index in [2.05, 4.69) is 0 Å². The van der Waals surface area contributed by atoms with Crippen LogP contribution in [0.15, 0.2) is 78.9 Å². The summed E-state index contributed by atoms with van der Waals surface area (Å²) < 4.78 is 0. The Bertz CT molecular complexity index is 1170. The summed E-state index contributed by atoms with van der Waals surface area (Å²) in [6.45, 7) is 2.11. The topological polar surface area (TPSA) is 77.9 Å². The van der Waals surface area contributed by atoms with Gasteiger partial charge in [-0.15, -0.1) is 0 Å². The molecule has 1 aliphatic heterocycles. The van der Waals surface area contributed by atoms with E-state index in [1.54, 1.807) is 17.0 Å². The Kier molecular flexibility index (Phi) is 7.07. The Labute approximate surface area is 199 Å². The first-order valence-electron chi connectivity index (χ1n) is 11.4. The number of benzene rings is 3. The van der Waals surface area contributed by atoms with Gasteiger partial charge < -0.3 is 14.9 Å². The molecule has 1 N–H and O–H groups in total. The fraction of sp³-hybridized carbons (Fsp3) is 0.250. The monoisotopic (exact) mass is 456 g/mol. The van der Waals surface area contributed by atoms with Gasteiger partial charge in [-0.25, -0.2) is 0 Å². The van der Waals surface area contributed by atoms with Crippen LogP contribution in [0.25, 0.3) is 0 Å². The molecular formula is C28H28N2O4. The Morgan fingerprint density at radius 1 is 0.912 bits per heavy atom. The lowest BCUT2D eigenvalue weighted by Crippen LogP contribution is -2.54. The minimum Gasteiger partial charge on any atom is -0.480 e. The molecule has 6 nitrogen and oxygen atoms in total. The fourth-order valence-corrected chi connectivity index (χ4v) is 4.37. The maximum absolute atomic E-state index is 13.7. The summed E-state index contributed by atoms with van der Waals surface area (Å²) in [5, 5.41) is 9.49. The molecule has 3 aromatic carbocycles. The van der Waals surface area contributed by atoms with Gasteiger partial charge in [0, 0.05) is 25.1 Å². The van der Waals surface area contributed by atoms with Gasteiger partial charge in [0.15, 0.2) is 0 Å². The van der Waals surface area contributed by atoms with Crippen LogP contribution in [0.4, 0.5) is 0 Å². The summed E-state index contributed by atoms with van der Waals surface area (Å²) in [6.07, 6.45) is 0.892. The molecule has 174 valence electrons. The third-order valence-electron chi connectivity index (χ3n) is 6.24. The number of carboxylic acids is 1. The molecule has 1 heterocycles. The molecule has 0 bridgehead atoms. The number of aliphatic carboxylic acids is 1. The second kappa shape index (κ2) is 10.3. The normalized spacial score (nSPS) is 14.9. The number of rotatable bonds is 7. The van der Waals surface area contributed by atoms with Gasteiger partial charge in [0.1, 0.15) is 12.6 Å². The van der Waals surface area contributed by atoms with E-state index >= 15 is 0 Å². The molecule has 0 saturated heterocycles. The van der Waals surface area contributed by atoms with E-state index in [4.69, 9.17) is 0 Å². The van der Waals surface area contributed by atoms with Gasteiger partial charge in [0.25, 0.3) is 5.91 Å². The maximum Gasteiger partial charge on any atom is 0.323 e. The molecule has 2 amide bonds. The molecule has 1 atom stereocenters. The van der Waals surface area contributed by atoms with Crippen molar-refractivity contribution >= 4 is 17.8 Å². The van der Waals surface area contributed by atoms with Gasteiger partial charge in [0.2, 0.25) is 5.91 Å². The zero-order valence-electron chi connectivity index (χ0n) is 19.2. The quantitative estimate of drug-likeness (QED) is 0.588.